The standard InChI is InChI=1S/C10H7FIN3/c1-3-4-7-8-6(12)5-13-10(11)9(8)15(2)14-7/h5H,1-2H3. The lowest BCUT2D eigenvalue weighted by Gasteiger charge is -1.96. The van der Waals surface area contributed by atoms with Crippen molar-refractivity contribution in [2.75, 3.05) is 0 Å². The Labute approximate surface area is 99.8 Å². The molecule has 3 nitrogen and oxygen atoms in total. The van der Waals surface area contributed by atoms with Crippen LogP contribution in [0, 0.1) is 21.4 Å². The van der Waals surface area contributed by atoms with Crippen LogP contribution < -0.4 is 0 Å². The molecule has 0 aliphatic heterocycles. The molecule has 0 atom stereocenters. The molecule has 0 bridgehead atoms. The van der Waals surface area contributed by atoms with Crippen LogP contribution in [0.25, 0.3) is 10.9 Å². The average Bonchev–Trinajstić information content (AvgIpc) is 2.51. The van der Waals surface area contributed by atoms with Crippen molar-refractivity contribution < 1.29 is 4.39 Å². The smallest absolute Gasteiger partial charge is 0.239 e. The van der Waals surface area contributed by atoms with Crippen molar-refractivity contribution in [3.05, 3.63) is 21.4 Å². The molecule has 2 aromatic heterocycles. The number of rotatable bonds is 0. The first-order valence-corrected chi connectivity index (χ1v) is 5.32. The minimum atomic E-state index is -0.510. The molecule has 0 fully saturated rings. The van der Waals surface area contributed by atoms with Gasteiger partial charge < -0.3 is 0 Å². The van der Waals surface area contributed by atoms with E-state index in [4.69, 9.17) is 0 Å². The monoisotopic (exact) mass is 315 g/mol. The van der Waals surface area contributed by atoms with Gasteiger partial charge in [0.25, 0.3) is 0 Å². The molecule has 0 unspecified atom stereocenters. The summed E-state index contributed by atoms with van der Waals surface area (Å²) < 4.78 is 15.8. The number of halogens is 2. The summed E-state index contributed by atoms with van der Waals surface area (Å²) in [4.78, 5) is 3.66. The third-order valence-electron chi connectivity index (χ3n) is 2.02. The molecule has 0 aromatic carbocycles. The Bertz CT molecular complexity index is 592. The molecule has 5 heteroatoms. The van der Waals surface area contributed by atoms with E-state index in [-0.39, 0.29) is 0 Å². The van der Waals surface area contributed by atoms with Crippen LogP contribution in [0.1, 0.15) is 12.6 Å². The zero-order chi connectivity index (χ0) is 11.0. The molecular formula is C10H7FIN3. The lowest BCUT2D eigenvalue weighted by Crippen LogP contribution is -1.94. The highest BCUT2D eigenvalue weighted by Gasteiger charge is 2.14. The second kappa shape index (κ2) is 3.77. The van der Waals surface area contributed by atoms with Crippen LogP contribution in [0.4, 0.5) is 4.39 Å². The summed E-state index contributed by atoms with van der Waals surface area (Å²) >= 11 is 2.10. The summed E-state index contributed by atoms with van der Waals surface area (Å²) in [5.41, 5.74) is 1.00. The zero-order valence-electron chi connectivity index (χ0n) is 8.17. The lowest BCUT2D eigenvalue weighted by atomic mass is 10.2. The van der Waals surface area contributed by atoms with Crippen molar-refractivity contribution in [1.82, 2.24) is 14.8 Å². The van der Waals surface area contributed by atoms with E-state index in [1.165, 1.54) is 10.9 Å². The molecule has 0 saturated heterocycles. The minimum absolute atomic E-state index is 0.402. The van der Waals surface area contributed by atoms with Gasteiger partial charge in [0.2, 0.25) is 5.95 Å². The van der Waals surface area contributed by atoms with Crippen molar-refractivity contribution in [3.8, 4) is 11.8 Å². The number of nitrogens with zero attached hydrogens (tertiary/aromatic N) is 3. The van der Waals surface area contributed by atoms with E-state index in [0.29, 0.717) is 11.2 Å². The van der Waals surface area contributed by atoms with E-state index >= 15 is 0 Å². The Morgan fingerprint density at radius 3 is 2.93 bits per heavy atom. The molecule has 0 aliphatic carbocycles. The number of hydrogen-bond donors (Lipinski definition) is 0. The average molecular weight is 315 g/mol. The predicted octanol–water partition coefficient (Wildman–Crippen LogP) is 2.08. The van der Waals surface area contributed by atoms with Gasteiger partial charge in [0, 0.05) is 16.8 Å². The van der Waals surface area contributed by atoms with Gasteiger partial charge in [-0.1, -0.05) is 5.92 Å². The van der Waals surface area contributed by atoms with Crippen molar-refractivity contribution in [2.24, 2.45) is 7.05 Å². The fourth-order valence-electron chi connectivity index (χ4n) is 1.43. The Morgan fingerprint density at radius 2 is 2.27 bits per heavy atom. The first kappa shape index (κ1) is 10.4. The summed E-state index contributed by atoms with van der Waals surface area (Å²) in [5.74, 6) is 5.11. The highest BCUT2D eigenvalue weighted by molar-refractivity contribution is 14.1. The molecule has 2 aromatic rings. The van der Waals surface area contributed by atoms with Crippen LogP contribution in [0.15, 0.2) is 6.20 Å². The Balaban J connectivity index is 2.96. The van der Waals surface area contributed by atoms with Crippen molar-refractivity contribution in [3.63, 3.8) is 0 Å². The molecule has 0 spiro atoms. The van der Waals surface area contributed by atoms with Gasteiger partial charge in [0.1, 0.15) is 11.2 Å². The summed E-state index contributed by atoms with van der Waals surface area (Å²) in [5, 5.41) is 4.90. The van der Waals surface area contributed by atoms with E-state index in [0.717, 1.165) is 8.96 Å². The maximum atomic E-state index is 13.5. The van der Waals surface area contributed by atoms with Gasteiger partial charge in [-0.15, -0.1) is 0 Å². The Hall–Kier alpha value is -1.16. The normalized spacial score (nSPS) is 10.1. The number of aromatic nitrogens is 3. The molecule has 0 N–H and O–H groups in total. The van der Waals surface area contributed by atoms with Crippen LogP contribution in [-0.2, 0) is 7.05 Å². The molecular weight excluding hydrogens is 308 g/mol. The maximum absolute atomic E-state index is 13.5. The van der Waals surface area contributed by atoms with Crippen LogP contribution in [0.3, 0.4) is 0 Å². The van der Waals surface area contributed by atoms with E-state index in [1.54, 1.807) is 14.0 Å². The van der Waals surface area contributed by atoms with Gasteiger partial charge in [-0.3, -0.25) is 4.68 Å². The molecule has 0 saturated carbocycles. The fraction of sp³-hybridized carbons (Fsp3) is 0.200. The van der Waals surface area contributed by atoms with E-state index in [1.807, 2.05) is 0 Å². The van der Waals surface area contributed by atoms with Gasteiger partial charge in [-0.2, -0.15) is 9.49 Å². The van der Waals surface area contributed by atoms with Crippen LogP contribution in [-0.4, -0.2) is 14.8 Å². The summed E-state index contributed by atoms with van der Waals surface area (Å²) in [6.07, 6.45) is 1.49. The van der Waals surface area contributed by atoms with Crippen LogP contribution >= 0.6 is 22.6 Å². The Kier molecular flexibility index (Phi) is 2.61. The minimum Gasteiger partial charge on any atom is -0.262 e. The van der Waals surface area contributed by atoms with E-state index in [9.17, 15) is 4.39 Å². The molecule has 2 heterocycles. The fourth-order valence-corrected chi connectivity index (χ4v) is 2.08. The van der Waals surface area contributed by atoms with Crippen LogP contribution in [0.2, 0.25) is 0 Å². The largest absolute Gasteiger partial charge is 0.262 e. The van der Waals surface area contributed by atoms with Crippen molar-refractivity contribution in [2.45, 2.75) is 6.92 Å². The van der Waals surface area contributed by atoms with E-state index < -0.39 is 5.95 Å². The second-order valence-electron chi connectivity index (χ2n) is 2.97. The van der Waals surface area contributed by atoms with Crippen molar-refractivity contribution in [1.29, 1.82) is 0 Å². The number of fused-ring (bicyclic) bond motifs is 1. The van der Waals surface area contributed by atoms with Gasteiger partial charge in [-0.25, -0.2) is 4.98 Å². The molecule has 0 amide bonds. The van der Waals surface area contributed by atoms with Crippen LogP contribution in [0.5, 0.6) is 0 Å². The highest BCUT2D eigenvalue weighted by Crippen LogP contribution is 2.24. The molecule has 0 radical (unpaired) electrons. The quantitative estimate of drug-likeness (QED) is 0.423. The molecule has 2 rings (SSSR count). The maximum Gasteiger partial charge on any atom is 0.239 e. The molecule has 15 heavy (non-hydrogen) atoms. The first-order chi connectivity index (χ1) is 7.15. The topological polar surface area (TPSA) is 30.7 Å². The Morgan fingerprint density at radius 1 is 1.53 bits per heavy atom. The van der Waals surface area contributed by atoms with Gasteiger partial charge >= 0.3 is 0 Å². The predicted molar refractivity (Wildman–Crippen MR) is 63.7 cm³/mol. The molecule has 76 valence electrons. The van der Waals surface area contributed by atoms with Crippen molar-refractivity contribution >= 4 is 33.5 Å². The summed E-state index contributed by atoms with van der Waals surface area (Å²) in [7, 11) is 1.68. The van der Waals surface area contributed by atoms with Gasteiger partial charge in [0.05, 0.1) is 5.39 Å². The van der Waals surface area contributed by atoms with E-state index in [2.05, 4.69) is 44.5 Å². The zero-order valence-corrected chi connectivity index (χ0v) is 10.3. The third kappa shape index (κ3) is 1.59. The first-order valence-electron chi connectivity index (χ1n) is 4.24. The highest BCUT2D eigenvalue weighted by atomic mass is 127. The number of hydrogen-bond acceptors (Lipinski definition) is 2. The third-order valence-corrected chi connectivity index (χ3v) is 2.83. The number of pyridine rings is 1. The summed E-state index contributed by atoms with van der Waals surface area (Å²) in [6.45, 7) is 1.73. The molecule has 0 aliphatic rings. The summed E-state index contributed by atoms with van der Waals surface area (Å²) in [6, 6.07) is 0. The van der Waals surface area contributed by atoms with Gasteiger partial charge in [-0.05, 0) is 35.4 Å². The lowest BCUT2D eigenvalue weighted by molar-refractivity contribution is 0.584. The van der Waals surface area contributed by atoms with Gasteiger partial charge in [0.15, 0.2) is 0 Å². The number of aryl methyl sites for hydroxylation is 1. The second-order valence-corrected chi connectivity index (χ2v) is 4.13. The SMILES string of the molecule is CC#Cc1nn(C)c2c(F)ncc(I)c12.